The van der Waals surface area contributed by atoms with Gasteiger partial charge in [0.2, 0.25) is 0 Å². The topological polar surface area (TPSA) is 50.9 Å². The second-order valence-corrected chi connectivity index (χ2v) is 5.01. The first kappa shape index (κ1) is 10.6. The molecule has 0 aliphatic carbocycles. The number of anilines is 2. The van der Waals surface area contributed by atoms with E-state index in [0.29, 0.717) is 15.8 Å². The normalized spacial score (nSPS) is 15.0. The zero-order valence-corrected chi connectivity index (χ0v) is 9.95. The van der Waals surface area contributed by atoms with Crippen molar-refractivity contribution in [1.82, 2.24) is 4.98 Å². The average molecular weight is 291 g/mol. The van der Waals surface area contributed by atoms with E-state index in [2.05, 4.69) is 46.7 Å². The summed E-state index contributed by atoms with van der Waals surface area (Å²) in [7, 11) is 0. The number of nitrogen functional groups attached to an aromatic ring is 1. The third-order valence-electron chi connectivity index (χ3n) is 1.91. The molecule has 1 aromatic rings. The van der Waals surface area contributed by atoms with E-state index >= 15 is 0 Å². The summed E-state index contributed by atoms with van der Waals surface area (Å²) in [5.74, 6) is 0.561. The number of aromatic nitrogens is 1. The fourth-order valence-corrected chi connectivity index (χ4v) is 1.08. The number of hydrogen-bond acceptors (Lipinski definition) is 3. The third kappa shape index (κ3) is 3.02. The van der Waals surface area contributed by atoms with Crippen LogP contribution in [0.1, 0.15) is 13.8 Å². The summed E-state index contributed by atoms with van der Waals surface area (Å²) in [4.78, 5) is 4.00. The Morgan fingerprint density at radius 3 is 2.77 bits per heavy atom. The van der Waals surface area contributed by atoms with Gasteiger partial charge in [0.05, 0.1) is 5.69 Å². The minimum atomic E-state index is 0.395. The smallest absolute Gasteiger partial charge is 0.146 e. The quantitative estimate of drug-likeness (QED) is 0.663. The van der Waals surface area contributed by atoms with Gasteiger partial charge in [-0.2, -0.15) is 0 Å². The molecule has 1 unspecified atom stereocenters. The maximum atomic E-state index is 5.69. The van der Waals surface area contributed by atoms with Crippen molar-refractivity contribution in [3.05, 3.63) is 18.3 Å². The van der Waals surface area contributed by atoms with Crippen molar-refractivity contribution in [3.8, 4) is 0 Å². The maximum Gasteiger partial charge on any atom is 0.146 e. The Hall–Kier alpha value is -0.520. The van der Waals surface area contributed by atoms with Crippen LogP contribution in [0.25, 0.3) is 0 Å². The third-order valence-corrected chi connectivity index (χ3v) is 2.99. The summed E-state index contributed by atoms with van der Waals surface area (Å²) in [5.41, 5.74) is 6.61. The van der Waals surface area contributed by atoms with Gasteiger partial charge in [0.25, 0.3) is 0 Å². The number of nitrogens with one attached hydrogen (secondary N) is 1. The van der Waals surface area contributed by atoms with Gasteiger partial charge in [0, 0.05) is 16.2 Å². The van der Waals surface area contributed by atoms with Crippen molar-refractivity contribution >= 4 is 34.1 Å². The Morgan fingerprint density at radius 1 is 1.54 bits per heavy atom. The van der Waals surface area contributed by atoms with E-state index in [1.807, 2.05) is 12.1 Å². The largest absolute Gasteiger partial charge is 0.382 e. The van der Waals surface area contributed by atoms with Crippen LogP contribution in [0.4, 0.5) is 11.5 Å². The minimum absolute atomic E-state index is 0.395. The van der Waals surface area contributed by atoms with Gasteiger partial charge >= 0.3 is 0 Å². The molecule has 13 heavy (non-hydrogen) atoms. The van der Waals surface area contributed by atoms with Crippen molar-refractivity contribution in [3.63, 3.8) is 0 Å². The number of hydrogen-bond donors (Lipinski definition) is 2. The van der Waals surface area contributed by atoms with Gasteiger partial charge in [-0.05, 0) is 19.1 Å². The lowest BCUT2D eigenvalue weighted by Crippen LogP contribution is -2.24. The number of nitrogens with two attached hydrogens (primary N) is 1. The molecule has 0 aliphatic heterocycles. The highest BCUT2D eigenvalue weighted by molar-refractivity contribution is 14.1. The van der Waals surface area contributed by atoms with Crippen LogP contribution in [-0.4, -0.2) is 15.0 Å². The van der Waals surface area contributed by atoms with Gasteiger partial charge in [0.1, 0.15) is 5.82 Å². The van der Waals surface area contributed by atoms with E-state index in [0.717, 1.165) is 5.69 Å². The van der Waals surface area contributed by atoms with Crippen LogP contribution in [0.2, 0.25) is 0 Å². The number of halogens is 1. The minimum Gasteiger partial charge on any atom is -0.382 e. The monoisotopic (exact) mass is 291 g/mol. The van der Waals surface area contributed by atoms with Crippen LogP contribution in [-0.2, 0) is 0 Å². The van der Waals surface area contributed by atoms with E-state index in [1.54, 1.807) is 6.20 Å². The molecule has 0 spiro atoms. The Kier molecular flexibility index (Phi) is 3.77. The lowest BCUT2D eigenvalue weighted by atomic mass is 10.2. The van der Waals surface area contributed by atoms with Crippen LogP contribution >= 0.6 is 22.6 Å². The summed E-state index contributed by atoms with van der Waals surface area (Å²) < 4.78 is 0.553. The van der Waals surface area contributed by atoms with Gasteiger partial charge in [0.15, 0.2) is 0 Å². The first-order chi connectivity index (χ1) is 6.11. The first-order valence-corrected chi connectivity index (χ1v) is 5.47. The lowest BCUT2D eigenvalue weighted by Gasteiger charge is -2.18. The van der Waals surface area contributed by atoms with E-state index in [1.165, 1.54) is 0 Å². The van der Waals surface area contributed by atoms with E-state index in [4.69, 9.17) is 5.73 Å². The lowest BCUT2D eigenvalue weighted by molar-refractivity contribution is 0.803. The predicted molar refractivity (Wildman–Crippen MR) is 65.2 cm³/mol. The Balaban J connectivity index is 2.69. The molecule has 4 heteroatoms. The van der Waals surface area contributed by atoms with Crippen molar-refractivity contribution in [2.24, 2.45) is 0 Å². The average Bonchev–Trinajstić information content (AvgIpc) is 2.08. The van der Waals surface area contributed by atoms with Crippen LogP contribution < -0.4 is 11.1 Å². The molecule has 0 saturated carbocycles. The molecular formula is C9H14IN3. The molecule has 1 rings (SSSR count). The van der Waals surface area contributed by atoms with Gasteiger partial charge in [-0.25, -0.2) is 4.98 Å². The number of rotatable bonds is 3. The molecule has 2 atom stereocenters. The number of pyridine rings is 1. The molecular weight excluding hydrogens is 277 g/mol. The molecule has 0 aromatic carbocycles. The van der Waals surface area contributed by atoms with E-state index < -0.39 is 0 Å². The number of alkyl halides is 1. The molecule has 72 valence electrons. The molecule has 3 nitrogen and oxygen atoms in total. The molecule has 3 N–H and O–H groups in total. The Morgan fingerprint density at radius 2 is 2.23 bits per heavy atom. The maximum absolute atomic E-state index is 5.69. The van der Waals surface area contributed by atoms with Crippen LogP contribution in [0, 0.1) is 0 Å². The fourth-order valence-electron chi connectivity index (χ4n) is 0.900. The summed E-state index contributed by atoms with van der Waals surface area (Å²) >= 11 is 2.38. The zero-order valence-electron chi connectivity index (χ0n) is 7.79. The zero-order chi connectivity index (χ0) is 9.84. The molecule has 0 bridgehead atoms. The number of nitrogens with zero attached hydrogens (tertiary/aromatic N) is 1. The first-order valence-electron chi connectivity index (χ1n) is 4.22. The standard InChI is InChI=1S/C9H14IN3/c1-6(10)7(2)13-8-4-3-5-12-9(8)11/h3-7,13H,1-2H3,(H2,11,12)/t6-,7?/m1/s1. The molecule has 1 heterocycles. The summed E-state index contributed by atoms with van der Waals surface area (Å²) in [5, 5.41) is 3.31. The van der Waals surface area contributed by atoms with Crippen LogP contribution in [0.3, 0.4) is 0 Å². The van der Waals surface area contributed by atoms with Crippen molar-refractivity contribution in [2.45, 2.75) is 23.8 Å². The molecule has 0 aliphatic rings. The van der Waals surface area contributed by atoms with E-state index in [-0.39, 0.29) is 0 Å². The van der Waals surface area contributed by atoms with Gasteiger partial charge in [-0.3, -0.25) is 0 Å². The molecule has 0 radical (unpaired) electrons. The summed E-state index contributed by atoms with van der Waals surface area (Å²) in [6, 6.07) is 4.22. The Labute approximate surface area is 92.3 Å². The van der Waals surface area contributed by atoms with Gasteiger partial charge in [-0.1, -0.05) is 29.5 Å². The second kappa shape index (κ2) is 4.64. The predicted octanol–water partition coefficient (Wildman–Crippen LogP) is 2.29. The van der Waals surface area contributed by atoms with Crippen LogP contribution in [0.15, 0.2) is 18.3 Å². The fraction of sp³-hybridized carbons (Fsp3) is 0.444. The van der Waals surface area contributed by atoms with E-state index in [9.17, 15) is 0 Å². The summed E-state index contributed by atoms with van der Waals surface area (Å²) in [6.07, 6.45) is 1.69. The molecule has 0 saturated heterocycles. The molecule has 0 fully saturated rings. The van der Waals surface area contributed by atoms with Crippen LogP contribution in [0.5, 0.6) is 0 Å². The van der Waals surface area contributed by atoms with Gasteiger partial charge in [-0.15, -0.1) is 0 Å². The molecule has 0 amide bonds. The highest BCUT2D eigenvalue weighted by Crippen LogP contribution is 2.17. The summed E-state index contributed by atoms with van der Waals surface area (Å²) in [6.45, 7) is 4.29. The Bertz CT molecular complexity index is 275. The molecule has 1 aromatic heterocycles. The highest BCUT2D eigenvalue weighted by Gasteiger charge is 2.09. The van der Waals surface area contributed by atoms with Crippen molar-refractivity contribution in [1.29, 1.82) is 0 Å². The van der Waals surface area contributed by atoms with Crippen molar-refractivity contribution < 1.29 is 0 Å². The SMILES string of the molecule is CC(Nc1cccnc1N)[C@@H](C)I. The highest BCUT2D eigenvalue weighted by atomic mass is 127. The second-order valence-electron chi connectivity index (χ2n) is 3.05. The van der Waals surface area contributed by atoms with Crippen molar-refractivity contribution in [2.75, 3.05) is 11.1 Å². The van der Waals surface area contributed by atoms with Gasteiger partial charge < -0.3 is 11.1 Å².